The highest BCUT2D eigenvalue weighted by molar-refractivity contribution is 5.75. The molecule has 1 unspecified atom stereocenters. The van der Waals surface area contributed by atoms with Crippen LogP contribution in [-0.4, -0.2) is 39.7 Å². The topological polar surface area (TPSA) is 52.2 Å². The number of aromatic amines is 1. The molecule has 2 heterocycles. The third-order valence-electron chi connectivity index (χ3n) is 3.83. The van der Waals surface area contributed by atoms with Crippen LogP contribution in [-0.2, 0) is 0 Å². The summed E-state index contributed by atoms with van der Waals surface area (Å²) in [5, 5.41) is 9.69. The number of aliphatic hydroxyl groups excluding tert-OH is 1. The Balaban J connectivity index is 1.89. The van der Waals surface area contributed by atoms with E-state index in [0.29, 0.717) is 0 Å². The second-order valence-corrected chi connectivity index (χ2v) is 4.97. The van der Waals surface area contributed by atoms with Crippen molar-refractivity contribution in [2.75, 3.05) is 19.7 Å². The van der Waals surface area contributed by atoms with Crippen molar-refractivity contribution < 1.29 is 5.11 Å². The van der Waals surface area contributed by atoms with Crippen LogP contribution in [0.3, 0.4) is 0 Å². The SMILES string of the molecule is OCC(c1ccc2nc[nH]c2c1)N1CCCCC1. The summed E-state index contributed by atoms with van der Waals surface area (Å²) in [5.41, 5.74) is 3.20. The number of benzene rings is 1. The van der Waals surface area contributed by atoms with Gasteiger partial charge in [-0.2, -0.15) is 0 Å². The zero-order chi connectivity index (χ0) is 12.4. The highest BCUT2D eigenvalue weighted by atomic mass is 16.3. The molecule has 4 heteroatoms. The number of likely N-dealkylation sites (tertiary alicyclic amines) is 1. The summed E-state index contributed by atoms with van der Waals surface area (Å²) in [5.74, 6) is 0. The molecule has 4 nitrogen and oxygen atoms in total. The van der Waals surface area contributed by atoms with E-state index in [1.165, 1.54) is 24.8 Å². The van der Waals surface area contributed by atoms with Crippen LogP contribution in [0.2, 0.25) is 0 Å². The van der Waals surface area contributed by atoms with E-state index < -0.39 is 0 Å². The van der Waals surface area contributed by atoms with E-state index in [9.17, 15) is 5.11 Å². The number of fused-ring (bicyclic) bond motifs is 1. The molecule has 1 atom stereocenters. The van der Waals surface area contributed by atoms with Crippen LogP contribution >= 0.6 is 0 Å². The second kappa shape index (κ2) is 5.08. The first-order valence-corrected chi connectivity index (χ1v) is 6.66. The van der Waals surface area contributed by atoms with Crippen molar-refractivity contribution in [3.05, 3.63) is 30.1 Å². The van der Waals surface area contributed by atoms with Crippen LogP contribution in [0.25, 0.3) is 11.0 Å². The zero-order valence-electron chi connectivity index (χ0n) is 10.5. The molecule has 18 heavy (non-hydrogen) atoms. The normalized spacial score (nSPS) is 19.2. The molecule has 0 aliphatic carbocycles. The van der Waals surface area contributed by atoms with E-state index in [2.05, 4.69) is 27.0 Å². The first-order chi connectivity index (χ1) is 8.88. The lowest BCUT2D eigenvalue weighted by Gasteiger charge is -2.33. The number of H-pyrrole nitrogens is 1. The van der Waals surface area contributed by atoms with Crippen molar-refractivity contribution in [2.24, 2.45) is 0 Å². The molecular formula is C14H19N3O. The Bertz CT molecular complexity index is 516. The highest BCUT2D eigenvalue weighted by Gasteiger charge is 2.21. The molecule has 1 aliphatic rings. The summed E-state index contributed by atoms with van der Waals surface area (Å²) in [7, 11) is 0. The summed E-state index contributed by atoms with van der Waals surface area (Å²) >= 11 is 0. The van der Waals surface area contributed by atoms with Crippen LogP contribution in [0.15, 0.2) is 24.5 Å². The molecule has 2 N–H and O–H groups in total. The van der Waals surface area contributed by atoms with Crippen molar-refractivity contribution in [3.63, 3.8) is 0 Å². The minimum atomic E-state index is 0.123. The fourth-order valence-electron chi connectivity index (χ4n) is 2.82. The Kier molecular flexibility index (Phi) is 3.30. The zero-order valence-corrected chi connectivity index (χ0v) is 10.5. The lowest BCUT2D eigenvalue weighted by Crippen LogP contribution is -2.35. The average Bonchev–Trinajstić information content (AvgIpc) is 2.88. The quantitative estimate of drug-likeness (QED) is 0.870. The van der Waals surface area contributed by atoms with Crippen molar-refractivity contribution in [1.29, 1.82) is 0 Å². The van der Waals surface area contributed by atoms with Gasteiger partial charge in [-0.15, -0.1) is 0 Å². The number of rotatable bonds is 3. The molecule has 0 radical (unpaired) electrons. The maximum atomic E-state index is 9.69. The standard InChI is InChI=1S/C14H19N3O/c18-9-14(17-6-2-1-3-7-17)11-4-5-12-13(8-11)16-10-15-12/h4-5,8,10,14,18H,1-3,6-7,9H2,(H,15,16). The molecule has 96 valence electrons. The van der Waals surface area contributed by atoms with E-state index in [4.69, 9.17) is 0 Å². The van der Waals surface area contributed by atoms with Crippen molar-refractivity contribution in [1.82, 2.24) is 14.9 Å². The second-order valence-electron chi connectivity index (χ2n) is 4.97. The summed E-state index contributed by atoms with van der Waals surface area (Å²) < 4.78 is 0. The Hall–Kier alpha value is -1.39. The van der Waals surface area contributed by atoms with Gasteiger partial charge in [-0.05, 0) is 43.6 Å². The summed E-state index contributed by atoms with van der Waals surface area (Å²) in [6.45, 7) is 2.36. The largest absolute Gasteiger partial charge is 0.394 e. The van der Waals surface area contributed by atoms with Gasteiger partial charge in [0.15, 0.2) is 0 Å². The minimum Gasteiger partial charge on any atom is -0.394 e. The van der Waals surface area contributed by atoms with Crippen molar-refractivity contribution >= 4 is 11.0 Å². The smallest absolute Gasteiger partial charge is 0.0931 e. The number of hydrogen-bond acceptors (Lipinski definition) is 3. The molecule has 1 aromatic carbocycles. The van der Waals surface area contributed by atoms with Gasteiger partial charge < -0.3 is 10.1 Å². The van der Waals surface area contributed by atoms with Gasteiger partial charge in [-0.25, -0.2) is 4.98 Å². The fourth-order valence-corrected chi connectivity index (χ4v) is 2.82. The minimum absolute atomic E-state index is 0.123. The molecule has 0 saturated carbocycles. The predicted octanol–water partition coefficient (Wildman–Crippen LogP) is 2.08. The van der Waals surface area contributed by atoms with Gasteiger partial charge in [-0.3, -0.25) is 4.90 Å². The number of aliphatic hydroxyl groups is 1. The van der Waals surface area contributed by atoms with Crippen molar-refractivity contribution in [2.45, 2.75) is 25.3 Å². The summed E-state index contributed by atoms with van der Waals surface area (Å²) in [4.78, 5) is 9.75. The molecular weight excluding hydrogens is 226 g/mol. The Morgan fingerprint density at radius 3 is 2.89 bits per heavy atom. The number of nitrogens with one attached hydrogen (secondary N) is 1. The van der Waals surface area contributed by atoms with Gasteiger partial charge >= 0.3 is 0 Å². The molecule has 1 saturated heterocycles. The van der Waals surface area contributed by atoms with Crippen LogP contribution in [0.1, 0.15) is 30.9 Å². The molecule has 3 rings (SSSR count). The van der Waals surface area contributed by atoms with Crippen molar-refractivity contribution in [3.8, 4) is 0 Å². The summed E-state index contributed by atoms with van der Waals surface area (Å²) in [6, 6.07) is 6.34. The molecule has 0 bridgehead atoms. The van der Waals surface area contributed by atoms with Gasteiger partial charge in [0.1, 0.15) is 0 Å². The Morgan fingerprint density at radius 2 is 2.11 bits per heavy atom. The first kappa shape index (κ1) is 11.7. The third kappa shape index (κ3) is 2.13. The van der Waals surface area contributed by atoms with E-state index >= 15 is 0 Å². The van der Waals surface area contributed by atoms with Gasteiger partial charge in [0.05, 0.1) is 30.0 Å². The monoisotopic (exact) mass is 245 g/mol. The van der Waals surface area contributed by atoms with Gasteiger partial charge in [0, 0.05) is 0 Å². The van der Waals surface area contributed by atoms with Crippen LogP contribution in [0.5, 0.6) is 0 Å². The molecule has 1 aliphatic heterocycles. The van der Waals surface area contributed by atoms with E-state index in [1.54, 1.807) is 6.33 Å². The van der Waals surface area contributed by atoms with Crippen LogP contribution in [0, 0.1) is 0 Å². The van der Waals surface area contributed by atoms with Crippen LogP contribution in [0.4, 0.5) is 0 Å². The van der Waals surface area contributed by atoms with E-state index in [-0.39, 0.29) is 12.6 Å². The lowest BCUT2D eigenvalue weighted by molar-refractivity contribution is 0.104. The first-order valence-electron chi connectivity index (χ1n) is 6.66. The lowest BCUT2D eigenvalue weighted by atomic mass is 10.0. The molecule has 1 fully saturated rings. The number of aromatic nitrogens is 2. The van der Waals surface area contributed by atoms with Gasteiger partial charge in [0.25, 0.3) is 0 Å². The Labute approximate surface area is 107 Å². The average molecular weight is 245 g/mol. The van der Waals surface area contributed by atoms with Gasteiger partial charge in [-0.1, -0.05) is 12.5 Å². The maximum absolute atomic E-state index is 9.69. The maximum Gasteiger partial charge on any atom is 0.0931 e. The molecule has 1 aromatic heterocycles. The molecule has 2 aromatic rings. The number of imidazole rings is 1. The third-order valence-corrected chi connectivity index (χ3v) is 3.83. The predicted molar refractivity (Wildman–Crippen MR) is 71.3 cm³/mol. The van der Waals surface area contributed by atoms with Gasteiger partial charge in [0.2, 0.25) is 0 Å². The van der Waals surface area contributed by atoms with E-state index in [0.717, 1.165) is 24.1 Å². The fraction of sp³-hybridized carbons (Fsp3) is 0.500. The Morgan fingerprint density at radius 1 is 1.28 bits per heavy atom. The molecule has 0 amide bonds. The number of hydrogen-bond donors (Lipinski definition) is 2. The van der Waals surface area contributed by atoms with Crippen LogP contribution < -0.4 is 0 Å². The number of piperidine rings is 1. The van der Waals surface area contributed by atoms with E-state index in [1.807, 2.05) is 6.07 Å². The highest BCUT2D eigenvalue weighted by Crippen LogP contribution is 2.26. The summed E-state index contributed by atoms with van der Waals surface area (Å²) in [6.07, 6.45) is 5.50. The number of nitrogens with zero attached hydrogens (tertiary/aromatic N) is 2. The molecule has 0 spiro atoms.